The van der Waals surface area contributed by atoms with Crippen LogP contribution in [0, 0.1) is 5.82 Å². The molecule has 0 spiro atoms. The minimum atomic E-state index is -1.14. The number of rotatable bonds is 18. The fraction of sp³-hybridized carbons (Fsp3) is 0.242. The third kappa shape index (κ3) is 11.3. The Balaban J connectivity index is 1.44. The number of aromatic nitrogens is 4. The van der Waals surface area contributed by atoms with Gasteiger partial charge in [0.05, 0.1) is 42.7 Å². The van der Waals surface area contributed by atoms with Crippen molar-refractivity contribution in [2.24, 2.45) is 0 Å². The van der Waals surface area contributed by atoms with Crippen LogP contribution in [-0.4, -0.2) is 95.2 Å². The van der Waals surface area contributed by atoms with Crippen molar-refractivity contribution in [3.8, 4) is 5.69 Å². The van der Waals surface area contributed by atoms with Crippen LogP contribution in [0.3, 0.4) is 0 Å². The van der Waals surface area contributed by atoms with Gasteiger partial charge >= 0.3 is 5.97 Å². The Labute approximate surface area is 290 Å². The van der Waals surface area contributed by atoms with E-state index in [-0.39, 0.29) is 47.4 Å². The van der Waals surface area contributed by atoms with Crippen molar-refractivity contribution in [1.29, 1.82) is 0 Å². The zero-order valence-electron chi connectivity index (χ0n) is 26.7. The highest BCUT2D eigenvalue weighted by atomic mass is 35.5. The third-order valence-corrected chi connectivity index (χ3v) is 7.15. The van der Waals surface area contributed by atoms with Crippen LogP contribution < -0.4 is 16.0 Å². The molecule has 0 bridgehead atoms. The van der Waals surface area contributed by atoms with Gasteiger partial charge in [-0.25, -0.2) is 9.18 Å². The summed E-state index contributed by atoms with van der Waals surface area (Å²) in [5.41, 5.74) is 1.57. The number of anilines is 2. The van der Waals surface area contributed by atoms with Crippen molar-refractivity contribution >= 4 is 52.7 Å². The number of methoxy groups -OCH3 is 1. The van der Waals surface area contributed by atoms with Gasteiger partial charge in [0.1, 0.15) is 19.0 Å². The van der Waals surface area contributed by atoms with Crippen LogP contribution in [-0.2, 0) is 35.0 Å². The molecule has 1 aromatic heterocycles. The molecule has 3 aromatic carbocycles. The van der Waals surface area contributed by atoms with Gasteiger partial charge < -0.3 is 35.3 Å². The monoisotopic (exact) mass is 709 g/mol. The molecule has 3 amide bonds. The summed E-state index contributed by atoms with van der Waals surface area (Å²) in [5, 5.41) is 27.8. The molecule has 4 rings (SSSR count). The number of carbonyl (C=O) groups is 4. The number of nitrogens with zero attached hydrogens (tertiary/aromatic N) is 4. The van der Waals surface area contributed by atoms with E-state index in [0.29, 0.717) is 36.8 Å². The van der Waals surface area contributed by atoms with Gasteiger partial charge in [-0.3, -0.25) is 14.4 Å². The first-order chi connectivity index (χ1) is 24.1. The molecule has 50 heavy (non-hydrogen) atoms. The summed E-state index contributed by atoms with van der Waals surface area (Å²) in [7, 11) is 1.57. The van der Waals surface area contributed by atoms with Crippen LogP contribution in [0.25, 0.3) is 11.8 Å². The van der Waals surface area contributed by atoms with E-state index in [4.69, 9.17) is 25.8 Å². The number of carboxylic acid groups (broad SMARTS) is 1. The van der Waals surface area contributed by atoms with Gasteiger partial charge in [0.15, 0.2) is 5.82 Å². The summed E-state index contributed by atoms with van der Waals surface area (Å²) in [6.07, 6.45) is 3.48. The smallest absolute Gasteiger partial charge is 0.335 e. The molecule has 0 radical (unpaired) electrons. The van der Waals surface area contributed by atoms with Gasteiger partial charge in [-0.2, -0.15) is 4.68 Å². The Kier molecular flexibility index (Phi) is 14.1. The normalized spacial score (nSPS) is 11.7. The number of carbonyl (C=O) groups excluding carboxylic acids is 3. The minimum absolute atomic E-state index is 0.0143. The molecule has 0 aliphatic heterocycles. The first-order valence-electron chi connectivity index (χ1n) is 15.0. The first kappa shape index (κ1) is 37.3. The van der Waals surface area contributed by atoms with E-state index in [2.05, 4.69) is 31.5 Å². The second kappa shape index (κ2) is 18.8. The standard InChI is InChI=1S/C33H33ClFN7O8/c1-48-14-15-49-16-17-50-19-30(44)37-23-6-2-21(3-7-23)18-27(32(45)38-24-8-4-22(5-9-24)33(46)47)39-29(43)13-10-25-28(42-20-36-40-41-42)12-11-26(34)31(25)35/h2-13,20,27H,14-19H2,1H3,(H,37,44)(H,38,45)(H,39,43)(H,46,47)/b13-10+. The highest BCUT2D eigenvalue weighted by molar-refractivity contribution is 6.31. The molecule has 262 valence electrons. The number of benzene rings is 3. The van der Waals surface area contributed by atoms with Gasteiger partial charge in [-0.05, 0) is 70.6 Å². The second-order valence-corrected chi connectivity index (χ2v) is 10.8. The molecule has 4 aromatic rings. The van der Waals surface area contributed by atoms with Crippen molar-refractivity contribution in [2.75, 3.05) is 50.8 Å². The van der Waals surface area contributed by atoms with E-state index in [9.17, 15) is 24.3 Å². The molecular weight excluding hydrogens is 677 g/mol. The summed E-state index contributed by atoms with van der Waals surface area (Å²) in [5.74, 6) is -3.66. The van der Waals surface area contributed by atoms with Crippen LogP contribution >= 0.6 is 11.6 Å². The van der Waals surface area contributed by atoms with Crippen LogP contribution in [0.1, 0.15) is 21.5 Å². The van der Waals surface area contributed by atoms with E-state index in [1.807, 2.05) is 0 Å². The molecular formula is C33H33ClFN7O8. The first-order valence-corrected chi connectivity index (χ1v) is 15.4. The number of halogens is 2. The lowest BCUT2D eigenvalue weighted by Crippen LogP contribution is -2.44. The Bertz CT molecular complexity index is 1790. The quantitative estimate of drug-likeness (QED) is 0.0875. The maximum Gasteiger partial charge on any atom is 0.335 e. The zero-order valence-corrected chi connectivity index (χ0v) is 27.4. The van der Waals surface area contributed by atoms with Gasteiger partial charge in [-0.1, -0.05) is 23.7 Å². The average Bonchev–Trinajstić information content (AvgIpc) is 3.64. The highest BCUT2D eigenvalue weighted by Crippen LogP contribution is 2.25. The van der Waals surface area contributed by atoms with Crippen molar-refractivity contribution in [3.63, 3.8) is 0 Å². The highest BCUT2D eigenvalue weighted by Gasteiger charge is 2.22. The van der Waals surface area contributed by atoms with Crippen molar-refractivity contribution in [1.82, 2.24) is 25.5 Å². The molecule has 0 aliphatic rings. The lowest BCUT2D eigenvalue weighted by Gasteiger charge is -2.18. The summed E-state index contributed by atoms with van der Waals surface area (Å²) in [6, 6.07) is 13.7. The summed E-state index contributed by atoms with van der Waals surface area (Å²) < 4.78 is 31.7. The van der Waals surface area contributed by atoms with E-state index >= 15 is 4.39 Å². The van der Waals surface area contributed by atoms with Crippen LogP contribution in [0.4, 0.5) is 15.8 Å². The lowest BCUT2D eigenvalue weighted by molar-refractivity contribution is -0.123. The summed E-state index contributed by atoms with van der Waals surface area (Å²) in [6.45, 7) is 1.26. The largest absolute Gasteiger partial charge is 0.478 e. The van der Waals surface area contributed by atoms with Crippen molar-refractivity contribution in [3.05, 3.63) is 101 Å². The minimum Gasteiger partial charge on any atom is -0.478 e. The number of amides is 3. The third-order valence-electron chi connectivity index (χ3n) is 6.85. The van der Waals surface area contributed by atoms with Gasteiger partial charge in [0.2, 0.25) is 17.7 Å². The second-order valence-electron chi connectivity index (χ2n) is 10.4. The number of tetrazole rings is 1. The number of carboxylic acids is 1. The molecule has 15 nitrogen and oxygen atoms in total. The fourth-order valence-electron chi connectivity index (χ4n) is 4.38. The van der Waals surface area contributed by atoms with E-state index in [1.54, 1.807) is 31.4 Å². The SMILES string of the molecule is COCCOCCOCC(=O)Nc1ccc(CC(NC(=O)/C=C/c2c(-n3cnnn3)ccc(Cl)c2F)C(=O)Nc2ccc(C(=O)O)cc2)cc1. The van der Waals surface area contributed by atoms with Crippen LogP contribution in [0.15, 0.2) is 73.1 Å². The van der Waals surface area contributed by atoms with E-state index in [0.717, 1.165) is 6.08 Å². The zero-order chi connectivity index (χ0) is 35.9. The summed E-state index contributed by atoms with van der Waals surface area (Å²) >= 11 is 5.98. The van der Waals surface area contributed by atoms with Gasteiger partial charge in [-0.15, -0.1) is 5.10 Å². The van der Waals surface area contributed by atoms with Crippen molar-refractivity contribution < 1.29 is 42.9 Å². The molecule has 17 heteroatoms. The predicted molar refractivity (Wildman–Crippen MR) is 179 cm³/mol. The topological polar surface area (TPSA) is 196 Å². The number of ether oxygens (including phenoxy) is 3. The maximum absolute atomic E-state index is 15.0. The Hall–Kier alpha value is -5.55. The average molecular weight is 710 g/mol. The van der Waals surface area contributed by atoms with Gasteiger partial charge in [0.25, 0.3) is 0 Å². The molecule has 4 N–H and O–H groups in total. The number of nitrogens with one attached hydrogen (secondary N) is 3. The van der Waals surface area contributed by atoms with E-state index < -0.39 is 29.6 Å². The Morgan fingerprint density at radius 1 is 0.940 bits per heavy atom. The van der Waals surface area contributed by atoms with Gasteiger partial charge in [0, 0.05) is 36.5 Å². The molecule has 0 saturated heterocycles. The number of hydrogen-bond acceptors (Lipinski definition) is 10. The molecule has 1 atom stereocenters. The molecule has 0 saturated carbocycles. The maximum atomic E-state index is 15.0. The van der Waals surface area contributed by atoms with Crippen molar-refractivity contribution in [2.45, 2.75) is 12.5 Å². The van der Waals surface area contributed by atoms with Crippen LogP contribution in [0.2, 0.25) is 5.02 Å². The molecule has 1 unspecified atom stereocenters. The molecule has 0 aliphatic carbocycles. The number of hydrogen-bond donors (Lipinski definition) is 4. The Morgan fingerprint density at radius 2 is 1.62 bits per heavy atom. The van der Waals surface area contributed by atoms with E-state index in [1.165, 1.54) is 53.5 Å². The Morgan fingerprint density at radius 3 is 2.30 bits per heavy atom. The van der Waals surface area contributed by atoms with Crippen LogP contribution in [0.5, 0.6) is 0 Å². The molecule has 1 heterocycles. The fourth-order valence-corrected chi connectivity index (χ4v) is 4.55. The molecule has 0 fully saturated rings. The summed E-state index contributed by atoms with van der Waals surface area (Å²) in [4.78, 5) is 50.0. The predicted octanol–water partition coefficient (Wildman–Crippen LogP) is 3.15. The number of aromatic carboxylic acids is 1. The lowest BCUT2D eigenvalue weighted by atomic mass is 10.0.